The fraction of sp³-hybridized carbons (Fsp3) is 0.235. The van der Waals surface area contributed by atoms with Crippen LogP contribution in [0, 0.1) is 10.1 Å². The van der Waals surface area contributed by atoms with Crippen molar-refractivity contribution in [3.63, 3.8) is 0 Å². The average molecular weight is 364 g/mol. The first-order valence-corrected chi connectivity index (χ1v) is 7.93. The molecule has 0 aliphatic rings. The third kappa shape index (κ3) is 6.06. The van der Waals surface area contributed by atoms with E-state index in [-0.39, 0.29) is 23.2 Å². The average Bonchev–Trinajstić information content (AvgIpc) is 2.57. The van der Waals surface area contributed by atoms with Gasteiger partial charge in [-0.3, -0.25) is 19.8 Å². The fourth-order valence-electron chi connectivity index (χ4n) is 2.09. The van der Waals surface area contributed by atoms with Crippen molar-refractivity contribution < 1.29 is 14.5 Å². The van der Waals surface area contributed by atoms with Crippen LogP contribution in [0.15, 0.2) is 48.5 Å². The lowest BCUT2D eigenvalue weighted by molar-refractivity contribution is -0.384. The highest BCUT2D eigenvalue weighted by molar-refractivity contribution is 6.32. The standard InChI is InChI=1S/C17H18ClN3O4/c1-20(9-10-25-14-5-3-2-4-6-14)12-17(22)19-13-7-8-15(18)16(11-13)21(23)24/h2-8,11H,9-10,12H2,1H3,(H,19,22). The van der Waals surface area contributed by atoms with Crippen molar-refractivity contribution in [2.24, 2.45) is 0 Å². The van der Waals surface area contributed by atoms with Gasteiger partial charge in [-0.2, -0.15) is 0 Å². The second kappa shape index (κ2) is 9.00. The van der Waals surface area contributed by atoms with E-state index in [0.717, 1.165) is 5.75 Å². The van der Waals surface area contributed by atoms with Crippen LogP contribution in [0.1, 0.15) is 0 Å². The minimum absolute atomic E-state index is 0.0261. The maximum Gasteiger partial charge on any atom is 0.289 e. The Morgan fingerprint density at radius 1 is 1.28 bits per heavy atom. The van der Waals surface area contributed by atoms with Crippen LogP contribution in [0.4, 0.5) is 11.4 Å². The van der Waals surface area contributed by atoms with E-state index < -0.39 is 4.92 Å². The van der Waals surface area contributed by atoms with E-state index in [1.807, 2.05) is 30.3 Å². The maximum absolute atomic E-state index is 12.0. The topological polar surface area (TPSA) is 84.7 Å². The largest absolute Gasteiger partial charge is 0.492 e. The van der Waals surface area contributed by atoms with Gasteiger partial charge in [0, 0.05) is 18.3 Å². The summed E-state index contributed by atoms with van der Waals surface area (Å²) in [5, 5.41) is 13.5. The number of hydrogen-bond acceptors (Lipinski definition) is 5. The Morgan fingerprint density at radius 2 is 2.00 bits per heavy atom. The molecule has 2 aromatic rings. The highest BCUT2D eigenvalue weighted by Crippen LogP contribution is 2.27. The summed E-state index contributed by atoms with van der Waals surface area (Å²) in [4.78, 5) is 24.1. The second-order valence-corrected chi connectivity index (χ2v) is 5.78. The van der Waals surface area contributed by atoms with Crippen LogP contribution < -0.4 is 10.1 Å². The molecule has 7 nitrogen and oxygen atoms in total. The van der Waals surface area contributed by atoms with E-state index in [1.165, 1.54) is 18.2 Å². The lowest BCUT2D eigenvalue weighted by Gasteiger charge is -2.16. The van der Waals surface area contributed by atoms with E-state index in [4.69, 9.17) is 16.3 Å². The molecule has 25 heavy (non-hydrogen) atoms. The van der Waals surface area contributed by atoms with Crippen LogP contribution >= 0.6 is 11.6 Å². The van der Waals surface area contributed by atoms with Crippen LogP contribution in [0.2, 0.25) is 5.02 Å². The number of benzene rings is 2. The zero-order valence-corrected chi connectivity index (χ0v) is 14.4. The summed E-state index contributed by atoms with van der Waals surface area (Å²) in [5.41, 5.74) is 0.0825. The number of hydrogen-bond donors (Lipinski definition) is 1. The Balaban J connectivity index is 1.79. The van der Waals surface area contributed by atoms with Crippen molar-refractivity contribution in [2.75, 3.05) is 32.1 Å². The quantitative estimate of drug-likeness (QED) is 0.575. The SMILES string of the molecule is CN(CCOc1ccccc1)CC(=O)Nc1ccc(Cl)c([N+](=O)[O-])c1. The molecule has 2 rings (SSSR count). The molecule has 132 valence electrons. The number of likely N-dealkylation sites (N-methyl/N-ethyl adjacent to an activating group) is 1. The number of nitrogens with zero attached hydrogens (tertiary/aromatic N) is 2. The third-order valence-electron chi connectivity index (χ3n) is 3.33. The molecule has 0 aliphatic heterocycles. The Labute approximate surface area is 150 Å². The van der Waals surface area contributed by atoms with Crippen LogP contribution in [0.25, 0.3) is 0 Å². The molecule has 0 aliphatic carbocycles. The Bertz CT molecular complexity index is 740. The monoisotopic (exact) mass is 363 g/mol. The lowest BCUT2D eigenvalue weighted by atomic mass is 10.2. The summed E-state index contributed by atoms with van der Waals surface area (Å²) >= 11 is 5.74. The van der Waals surface area contributed by atoms with Gasteiger partial charge in [0.1, 0.15) is 17.4 Å². The van der Waals surface area contributed by atoms with Crippen LogP contribution in [0.5, 0.6) is 5.75 Å². The molecule has 0 fully saturated rings. The Morgan fingerprint density at radius 3 is 2.68 bits per heavy atom. The molecule has 1 N–H and O–H groups in total. The van der Waals surface area contributed by atoms with Gasteiger partial charge in [0.05, 0.1) is 11.5 Å². The third-order valence-corrected chi connectivity index (χ3v) is 3.64. The van der Waals surface area contributed by atoms with Crippen molar-refractivity contribution in [1.82, 2.24) is 4.90 Å². The minimum Gasteiger partial charge on any atom is -0.492 e. The number of amides is 1. The van der Waals surface area contributed by atoms with Crippen molar-refractivity contribution in [3.8, 4) is 5.75 Å². The number of ether oxygens (including phenoxy) is 1. The predicted octanol–water partition coefficient (Wildman–Crippen LogP) is 3.20. The number of rotatable bonds is 8. The molecule has 0 radical (unpaired) electrons. The molecule has 1 amide bonds. The number of para-hydroxylation sites is 1. The lowest BCUT2D eigenvalue weighted by Crippen LogP contribution is -2.33. The van der Waals surface area contributed by atoms with Gasteiger partial charge in [0.25, 0.3) is 5.69 Å². The number of nitro groups is 1. The molecule has 8 heteroatoms. The van der Waals surface area contributed by atoms with Gasteiger partial charge in [-0.25, -0.2) is 0 Å². The number of carbonyl (C=O) groups is 1. The summed E-state index contributed by atoms with van der Waals surface area (Å²) in [6, 6.07) is 13.5. The maximum atomic E-state index is 12.0. The van der Waals surface area contributed by atoms with E-state index in [1.54, 1.807) is 11.9 Å². The molecular weight excluding hydrogens is 346 g/mol. The van der Waals surface area contributed by atoms with E-state index in [2.05, 4.69) is 5.32 Å². The Kier molecular flexibility index (Phi) is 6.73. The molecule has 0 bridgehead atoms. The number of carbonyl (C=O) groups excluding carboxylic acids is 1. The summed E-state index contributed by atoms with van der Waals surface area (Å²) in [7, 11) is 1.79. The molecule has 2 aromatic carbocycles. The van der Waals surface area contributed by atoms with Gasteiger partial charge in [-0.1, -0.05) is 29.8 Å². The number of halogens is 1. The van der Waals surface area contributed by atoms with Crippen molar-refractivity contribution in [1.29, 1.82) is 0 Å². The highest BCUT2D eigenvalue weighted by Gasteiger charge is 2.14. The zero-order chi connectivity index (χ0) is 18.2. The fourth-order valence-corrected chi connectivity index (χ4v) is 2.28. The second-order valence-electron chi connectivity index (χ2n) is 5.37. The number of nitrogens with one attached hydrogen (secondary N) is 1. The van der Waals surface area contributed by atoms with Crippen LogP contribution in [-0.2, 0) is 4.79 Å². The number of nitro benzene ring substituents is 1. The summed E-state index contributed by atoms with van der Waals surface area (Å²) < 4.78 is 5.57. The molecule has 0 spiro atoms. The first-order valence-electron chi connectivity index (χ1n) is 7.56. The van der Waals surface area contributed by atoms with Gasteiger partial charge in [0.2, 0.25) is 5.91 Å². The van der Waals surface area contributed by atoms with Crippen LogP contribution in [0.3, 0.4) is 0 Å². The van der Waals surface area contributed by atoms with Crippen LogP contribution in [-0.4, -0.2) is 42.5 Å². The summed E-state index contributed by atoms with van der Waals surface area (Å²) in [6.07, 6.45) is 0. The van der Waals surface area contributed by atoms with E-state index >= 15 is 0 Å². The predicted molar refractivity (Wildman–Crippen MR) is 96.2 cm³/mol. The minimum atomic E-state index is -0.592. The molecule has 0 aromatic heterocycles. The molecule has 0 saturated carbocycles. The first kappa shape index (κ1) is 18.7. The van der Waals surface area contributed by atoms with Gasteiger partial charge < -0.3 is 10.1 Å². The van der Waals surface area contributed by atoms with E-state index in [0.29, 0.717) is 18.8 Å². The van der Waals surface area contributed by atoms with Gasteiger partial charge >= 0.3 is 0 Å². The Hall–Kier alpha value is -2.64. The van der Waals surface area contributed by atoms with Gasteiger partial charge in [-0.05, 0) is 31.3 Å². The van der Waals surface area contributed by atoms with Gasteiger partial charge in [0.15, 0.2) is 0 Å². The van der Waals surface area contributed by atoms with Gasteiger partial charge in [-0.15, -0.1) is 0 Å². The molecule has 0 heterocycles. The zero-order valence-electron chi connectivity index (χ0n) is 13.6. The van der Waals surface area contributed by atoms with Crippen molar-refractivity contribution >= 4 is 28.9 Å². The summed E-state index contributed by atoms with van der Waals surface area (Å²) in [6.45, 7) is 1.14. The smallest absolute Gasteiger partial charge is 0.289 e. The molecule has 0 saturated heterocycles. The number of anilines is 1. The van der Waals surface area contributed by atoms with Crippen molar-refractivity contribution in [3.05, 3.63) is 63.7 Å². The molecular formula is C17H18ClN3O4. The van der Waals surface area contributed by atoms with Crippen molar-refractivity contribution in [2.45, 2.75) is 0 Å². The molecule has 0 unspecified atom stereocenters. The summed E-state index contributed by atoms with van der Waals surface area (Å²) in [5.74, 6) is 0.493. The highest BCUT2D eigenvalue weighted by atomic mass is 35.5. The normalized spacial score (nSPS) is 10.5. The molecule has 0 atom stereocenters. The van der Waals surface area contributed by atoms with E-state index in [9.17, 15) is 14.9 Å². The first-order chi connectivity index (χ1) is 12.0.